The third-order valence-corrected chi connectivity index (χ3v) is 11.0. The van der Waals surface area contributed by atoms with Crippen molar-refractivity contribution in [2.75, 3.05) is 24.6 Å². The van der Waals surface area contributed by atoms with E-state index in [-0.39, 0.29) is 36.8 Å². The van der Waals surface area contributed by atoms with Crippen molar-refractivity contribution >= 4 is 34.2 Å². The van der Waals surface area contributed by atoms with E-state index >= 15 is 9.59 Å². The zero-order chi connectivity index (χ0) is 34.9. The van der Waals surface area contributed by atoms with Crippen LogP contribution in [0.5, 0.6) is 0 Å². The highest BCUT2D eigenvalue weighted by Crippen LogP contribution is 2.65. The van der Waals surface area contributed by atoms with E-state index in [1.54, 1.807) is 26.9 Å². The van der Waals surface area contributed by atoms with E-state index in [1.165, 1.54) is 0 Å². The molecule has 258 valence electrons. The Bertz CT molecular complexity index is 1720. The molecule has 8 nitrogen and oxygen atoms in total. The number of rotatable bonds is 14. The SMILES string of the molecule is C=CCN(Cc1ccccc1)C(=O)[C@H]1[C@H]2C(=O)N([C@@H](CO)CC(C)C)C(C(=O)N(CC=C)c3ccc4ccccc4c3)C23CC[C@]1(CC)O3. The number of aliphatic hydroxyl groups excluding tert-OH is 1. The Morgan fingerprint density at radius 1 is 0.980 bits per heavy atom. The molecule has 1 N–H and O–H groups in total. The van der Waals surface area contributed by atoms with Gasteiger partial charge in [0.2, 0.25) is 11.8 Å². The van der Waals surface area contributed by atoms with Crippen LogP contribution in [0.2, 0.25) is 0 Å². The zero-order valence-corrected chi connectivity index (χ0v) is 29.0. The lowest BCUT2D eigenvalue weighted by atomic mass is 9.64. The molecule has 6 atom stereocenters. The van der Waals surface area contributed by atoms with Gasteiger partial charge in [0.05, 0.1) is 30.1 Å². The number of carbonyl (C=O) groups excluding carboxylic acids is 3. The van der Waals surface area contributed by atoms with Crippen LogP contribution < -0.4 is 4.90 Å². The number of anilines is 1. The normalized spacial score (nSPS) is 26.2. The van der Waals surface area contributed by atoms with Gasteiger partial charge in [0, 0.05) is 25.3 Å². The van der Waals surface area contributed by atoms with Crippen molar-refractivity contribution in [1.82, 2.24) is 9.80 Å². The molecule has 3 saturated heterocycles. The van der Waals surface area contributed by atoms with Crippen LogP contribution in [0.4, 0.5) is 5.69 Å². The summed E-state index contributed by atoms with van der Waals surface area (Å²) in [6.07, 6.45) is 5.44. The summed E-state index contributed by atoms with van der Waals surface area (Å²) < 4.78 is 7.11. The summed E-state index contributed by atoms with van der Waals surface area (Å²) in [6, 6.07) is 22.0. The Morgan fingerprint density at radius 2 is 1.67 bits per heavy atom. The van der Waals surface area contributed by atoms with Crippen molar-refractivity contribution in [2.45, 2.75) is 76.3 Å². The highest BCUT2D eigenvalue weighted by Gasteiger charge is 2.79. The molecule has 2 unspecified atom stereocenters. The number of fused-ring (bicyclic) bond motifs is 2. The van der Waals surface area contributed by atoms with Gasteiger partial charge in [0.1, 0.15) is 11.6 Å². The fourth-order valence-electron chi connectivity index (χ4n) is 8.86. The number of carbonyl (C=O) groups is 3. The molecular formula is C41H49N3O5. The predicted molar refractivity (Wildman–Crippen MR) is 193 cm³/mol. The van der Waals surface area contributed by atoms with Crippen LogP contribution in [0.15, 0.2) is 98.1 Å². The average molecular weight is 664 g/mol. The molecule has 49 heavy (non-hydrogen) atoms. The Balaban J connectivity index is 1.46. The van der Waals surface area contributed by atoms with Crippen molar-refractivity contribution in [3.8, 4) is 0 Å². The summed E-state index contributed by atoms with van der Waals surface area (Å²) in [5, 5.41) is 12.8. The minimum absolute atomic E-state index is 0.147. The van der Waals surface area contributed by atoms with Gasteiger partial charge < -0.3 is 24.5 Å². The molecule has 8 heteroatoms. The molecule has 3 amide bonds. The minimum Gasteiger partial charge on any atom is -0.394 e. The van der Waals surface area contributed by atoms with E-state index in [1.807, 2.05) is 93.6 Å². The van der Waals surface area contributed by atoms with Gasteiger partial charge in [-0.2, -0.15) is 0 Å². The van der Waals surface area contributed by atoms with Crippen LogP contribution in [-0.2, 0) is 25.7 Å². The highest BCUT2D eigenvalue weighted by molar-refractivity contribution is 6.06. The molecule has 3 aromatic carbocycles. The molecule has 1 spiro atoms. The second-order valence-corrected chi connectivity index (χ2v) is 14.3. The Hall–Kier alpha value is -4.27. The fourth-order valence-corrected chi connectivity index (χ4v) is 8.86. The molecule has 3 heterocycles. The van der Waals surface area contributed by atoms with Crippen LogP contribution >= 0.6 is 0 Å². The summed E-state index contributed by atoms with van der Waals surface area (Å²) in [4.78, 5) is 50.1. The number of likely N-dealkylation sites (tertiary alicyclic amines) is 1. The molecular weight excluding hydrogens is 614 g/mol. The number of aliphatic hydroxyl groups is 1. The number of nitrogens with zero attached hydrogens (tertiary/aromatic N) is 3. The first-order valence-corrected chi connectivity index (χ1v) is 17.6. The van der Waals surface area contributed by atoms with Crippen LogP contribution in [0.1, 0.15) is 52.0 Å². The minimum atomic E-state index is -1.22. The third kappa shape index (κ3) is 5.89. The van der Waals surface area contributed by atoms with E-state index in [9.17, 15) is 9.90 Å². The lowest BCUT2D eigenvalue weighted by Crippen LogP contribution is -2.59. The first-order chi connectivity index (χ1) is 23.6. The van der Waals surface area contributed by atoms with Gasteiger partial charge in [0.25, 0.3) is 5.91 Å². The summed E-state index contributed by atoms with van der Waals surface area (Å²) in [5.41, 5.74) is -0.456. The molecule has 3 aliphatic rings. The standard InChI is InChI=1S/C41H49N3O5/c1-6-22-42(26-29-14-10-9-11-15-29)37(46)34-35-38(47)44(33(27-45)24-28(4)5)36(41(35)21-20-40(34,8-3)49-41)39(48)43(23-7-2)32-19-18-30-16-12-13-17-31(30)25-32/h6-7,9-19,25,28,33-36,45H,1-2,8,20-24,26-27H2,3-5H3/t33-,34-,35+,36?,40+,41?/m1/s1. The zero-order valence-electron chi connectivity index (χ0n) is 29.0. The summed E-state index contributed by atoms with van der Waals surface area (Å²) in [7, 11) is 0. The van der Waals surface area contributed by atoms with Gasteiger partial charge in [0.15, 0.2) is 0 Å². The number of benzene rings is 3. The average Bonchev–Trinajstić information content (AvgIpc) is 3.72. The fraction of sp³-hybridized carbons (Fsp3) is 0.439. The Kier molecular flexibility index (Phi) is 9.83. The second kappa shape index (κ2) is 13.9. The van der Waals surface area contributed by atoms with Crippen LogP contribution in [0.3, 0.4) is 0 Å². The highest BCUT2D eigenvalue weighted by atomic mass is 16.5. The molecule has 3 aliphatic heterocycles. The van der Waals surface area contributed by atoms with Crippen LogP contribution in [-0.4, -0.2) is 75.6 Å². The van der Waals surface area contributed by atoms with Gasteiger partial charge in [-0.1, -0.05) is 93.6 Å². The first-order valence-electron chi connectivity index (χ1n) is 17.6. The molecule has 0 aliphatic carbocycles. The van der Waals surface area contributed by atoms with E-state index in [2.05, 4.69) is 13.2 Å². The molecule has 0 aromatic heterocycles. The van der Waals surface area contributed by atoms with E-state index in [0.29, 0.717) is 44.5 Å². The van der Waals surface area contributed by atoms with Gasteiger partial charge in [-0.25, -0.2) is 0 Å². The van der Waals surface area contributed by atoms with Gasteiger partial charge >= 0.3 is 0 Å². The summed E-state index contributed by atoms with van der Waals surface area (Å²) in [5.74, 6) is -2.25. The number of ether oxygens (including phenoxy) is 1. The van der Waals surface area contributed by atoms with Crippen molar-refractivity contribution in [3.63, 3.8) is 0 Å². The van der Waals surface area contributed by atoms with E-state index in [0.717, 1.165) is 16.3 Å². The van der Waals surface area contributed by atoms with Crippen LogP contribution in [0, 0.1) is 17.8 Å². The molecule has 3 aromatic rings. The van der Waals surface area contributed by atoms with Crippen molar-refractivity contribution in [1.29, 1.82) is 0 Å². The molecule has 0 saturated carbocycles. The number of amides is 3. The van der Waals surface area contributed by atoms with Crippen LogP contribution in [0.25, 0.3) is 10.8 Å². The lowest BCUT2D eigenvalue weighted by Gasteiger charge is -2.40. The van der Waals surface area contributed by atoms with Crippen molar-refractivity contribution in [3.05, 3.63) is 104 Å². The predicted octanol–water partition coefficient (Wildman–Crippen LogP) is 6.14. The molecule has 2 bridgehead atoms. The van der Waals surface area contributed by atoms with E-state index < -0.39 is 35.1 Å². The van der Waals surface area contributed by atoms with Crippen molar-refractivity contribution in [2.24, 2.45) is 17.8 Å². The summed E-state index contributed by atoms with van der Waals surface area (Å²) >= 11 is 0. The Morgan fingerprint density at radius 3 is 2.33 bits per heavy atom. The van der Waals surface area contributed by atoms with E-state index in [4.69, 9.17) is 4.74 Å². The molecule has 3 fully saturated rings. The van der Waals surface area contributed by atoms with Gasteiger partial charge in [-0.05, 0) is 60.1 Å². The number of hydrogen-bond donors (Lipinski definition) is 1. The quantitative estimate of drug-likeness (QED) is 0.210. The van der Waals surface area contributed by atoms with Gasteiger partial charge in [-0.15, -0.1) is 13.2 Å². The second-order valence-electron chi connectivity index (χ2n) is 14.3. The summed E-state index contributed by atoms with van der Waals surface area (Å²) in [6.45, 7) is 14.6. The molecule has 0 radical (unpaired) electrons. The maximum absolute atomic E-state index is 15.2. The monoisotopic (exact) mass is 663 g/mol. The third-order valence-electron chi connectivity index (χ3n) is 11.0. The van der Waals surface area contributed by atoms with Crippen molar-refractivity contribution < 1.29 is 24.2 Å². The largest absolute Gasteiger partial charge is 0.394 e. The maximum atomic E-state index is 15.2. The first kappa shape index (κ1) is 34.6. The lowest BCUT2D eigenvalue weighted by molar-refractivity contribution is -0.154. The topological polar surface area (TPSA) is 90.4 Å². The van der Waals surface area contributed by atoms with Gasteiger partial charge in [-0.3, -0.25) is 14.4 Å². The Labute approximate surface area is 290 Å². The number of hydrogen-bond acceptors (Lipinski definition) is 5. The molecule has 6 rings (SSSR count). The smallest absolute Gasteiger partial charge is 0.253 e. The maximum Gasteiger partial charge on any atom is 0.253 e.